The number of nitrogens with zero attached hydrogens (tertiary/aromatic N) is 8. The zero-order valence-corrected chi connectivity index (χ0v) is 27.4. The van der Waals surface area contributed by atoms with Crippen molar-refractivity contribution in [3.05, 3.63) is 47.8 Å². The van der Waals surface area contributed by atoms with Gasteiger partial charge in [0.15, 0.2) is 0 Å². The molecule has 3 aliphatic heterocycles. The third-order valence-electron chi connectivity index (χ3n) is 11.2. The molecular weight excluding hydrogens is 532 g/mol. The second kappa shape index (κ2) is 14.2. The van der Waals surface area contributed by atoms with Gasteiger partial charge in [0.25, 0.3) is 0 Å². The van der Waals surface area contributed by atoms with Gasteiger partial charge in [-0.15, -0.1) is 0 Å². The molecule has 4 fully saturated rings. The SMILES string of the molecule is Cc1ccc(N(C)C2CCC(N3CCN(CC(C4CCN(c5ncc(C)cn5)CC4)N4CCN(C)CC4)CC3)CC2)cc1. The zero-order chi connectivity index (χ0) is 29.8. The molecule has 0 spiro atoms. The lowest BCUT2D eigenvalue weighted by atomic mass is 9.87. The monoisotopic (exact) mass is 588 g/mol. The average molecular weight is 589 g/mol. The number of hydrogen-bond donors (Lipinski definition) is 0. The van der Waals surface area contributed by atoms with E-state index in [1.165, 1.54) is 109 Å². The third-order valence-corrected chi connectivity index (χ3v) is 11.2. The highest BCUT2D eigenvalue weighted by molar-refractivity contribution is 5.47. The van der Waals surface area contributed by atoms with Gasteiger partial charge in [-0.25, -0.2) is 9.97 Å². The van der Waals surface area contributed by atoms with Crippen molar-refractivity contribution in [2.24, 2.45) is 5.92 Å². The molecule has 4 aliphatic rings. The predicted molar refractivity (Wildman–Crippen MR) is 178 cm³/mol. The quantitative estimate of drug-likeness (QED) is 0.459. The van der Waals surface area contributed by atoms with Crippen LogP contribution in [-0.2, 0) is 0 Å². The second-order valence-electron chi connectivity index (χ2n) is 14.0. The van der Waals surface area contributed by atoms with E-state index in [2.05, 4.69) is 91.6 Å². The van der Waals surface area contributed by atoms with Crippen LogP contribution in [0.3, 0.4) is 0 Å². The molecule has 6 rings (SSSR count). The van der Waals surface area contributed by atoms with Crippen LogP contribution in [0.5, 0.6) is 0 Å². The van der Waals surface area contributed by atoms with Crippen molar-refractivity contribution in [2.75, 3.05) is 95.9 Å². The number of aromatic nitrogens is 2. The van der Waals surface area contributed by atoms with E-state index in [-0.39, 0.29) is 0 Å². The molecule has 4 heterocycles. The van der Waals surface area contributed by atoms with Crippen LogP contribution in [0.15, 0.2) is 36.7 Å². The number of rotatable bonds is 8. The summed E-state index contributed by atoms with van der Waals surface area (Å²) in [6, 6.07) is 11.2. The maximum Gasteiger partial charge on any atom is 0.225 e. The van der Waals surface area contributed by atoms with E-state index in [1.54, 1.807) is 0 Å². The Kier molecular flexibility index (Phi) is 10.2. The van der Waals surface area contributed by atoms with E-state index in [0.29, 0.717) is 12.1 Å². The number of hydrogen-bond acceptors (Lipinski definition) is 8. The topological polar surface area (TPSA) is 45.2 Å². The molecule has 1 aromatic heterocycles. The predicted octanol–water partition coefficient (Wildman–Crippen LogP) is 3.99. The number of piperidine rings is 1. The molecule has 1 saturated carbocycles. The molecule has 8 heteroatoms. The van der Waals surface area contributed by atoms with Crippen molar-refractivity contribution in [2.45, 2.75) is 70.5 Å². The summed E-state index contributed by atoms with van der Waals surface area (Å²) in [5, 5.41) is 0. The number of likely N-dealkylation sites (N-methyl/N-ethyl adjacent to an activating group) is 1. The van der Waals surface area contributed by atoms with Gasteiger partial charge < -0.3 is 14.7 Å². The summed E-state index contributed by atoms with van der Waals surface area (Å²) in [4.78, 5) is 25.2. The van der Waals surface area contributed by atoms with Crippen LogP contribution < -0.4 is 9.80 Å². The summed E-state index contributed by atoms with van der Waals surface area (Å²) < 4.78 is 0. The van der Waals surface area contributed by atoms with Crippen molar-refractivity contribution in [3.8, 4) is 0 Å². The van der Waals surface area contributed by atoms with Crippen molar-refractivity contribution in [1.82, 2.24) is 29.6 Å². The molecule has 1 unspecified atom stereocenters. The number of aryl methyl sites for hydroxylation is 2. The number of piperazine rings is 2. The van der Waals surface area contributed by atoms with Gasteiger partial charge in [0.05, 0.1) is 0 Å². The summed E-state index contributed by atoms with van der Waals surface area (Å²) >= 11 is 0. The first-order valence-electron chi connectivity index (χ1n) is 17.1. The van der Waals surface area contributed by atoms with Gasteiger partial charge in [-0.2, -0.15) is 0 Å². The van der Waals surface area contributed by atoms with Gasteiger partial charge in [-0.3, -0.25) is 14.7 Å². The van der Waals surface area contributed by atoms with Gasteiger partial charge in [0.2, 0.25) is 5.95 Å². The lowest BCUT2D eigenvalue weighted by Crippen LogP contribution is -2.59. The standard InChI is InChI=1S/C35H56N8/c1-28-5-7-31(8-6-28)39(4)32-9-11-33(12-10-32)41-23-19-40(20-24-41)27-34(42-21-17-38(3)18-22-42)30-13-15-43(16-14-30)35-36-25-29(2)26-37-35/h5-8,25-26,30,32-34H,9-24,27H2,1-4H3. The Morgan fingerprint density at radius 1 is 0.744 bits per heavy atom. The Morgan fingerprint density at radius 2 is 1.37 bits per heavy atom. The maximum absolute atomic E-state index is 4.62. The van der Waals surface area contributed by atoms with E-state index < -0.39 is 0 Å². The first-order chi connectivity index (χ1) is 20.9. The Bertz CT molecular complexity index is 1110. The fraction of sp³-hybridized carbons (Fsp3) is 0.714. The second-order valence-corrected chi connectivity index (χ2v) is 14.0. The Labute approximate surface area is 261 Å². The number of anilines is 2. The van der Waals surface area contributed by atoms with Crippen LogP contribution in [-0.4, -0.2) is 134 Å². The first-order valence-corrected chi connectivity index (χ1v) is 17.1. The van der Waals surface area contributed by atoms with Crippen LogP contribution in [0.4, 0.5) is 11.6 Å². The fourth-order valence-corrected chi connectivity index (χ4v) is 8.13. The van der Waals surface area contributed by atoms with E-state index in [9.17, 15) is 0 Å². The summed E-state index contributed by atoms with van der Waals surface area (Å²) in [7, 11) is 4.57. The minimum absolute atomic E-state index is 0.661. The minimum atomic E-state index is 0.661. The van der Waals surface area contributed by atoms with E-state index in [1.807, 2.05) is 12.4 Å². The first kappa shape index (κ1) is 30.8. The lowest BCUT2D eigenvalue weighted by molar-refractivity contribution is 0.0229. The molecule has 0 bridgehead atoms. The van der Waals surface area contributed by atoms with Gasteiger partial charge in [-0.1, -0.05) is 17.7 Å². The average Bonchev–Trinajstić information content (AvgIpc) is 3.05. The van der Waals surface area contributed by atoms with E-state index in [4.69, 9.17) is 0 Å². The van der Waals surface area contributed by atoms with Crippen molar-refractivity contribution in [3.63, 3.8) is 0 Å². The smallest absolute Gasteiger partial charge is 0.225 e. The van der Waals surface area contributed by atoms with Crippen molar-refractivity contribution >= 4 is 11.6 Å². The maximum atomic E-state index is 4.62. The summed E-state index contributed by atoms with van der Waals surface area (Å²) in [5.41, 5.74) is 3.84. The normalized spacial score (nSPS) is 26.5. The van der Waals surface area contributed by atoms with Crippen LogP contribution in [0, 0.1) is 19.8 Å². The van der Waals surface area contributed by atoms with Crippen molar-refractivity contribution in [1.29, 1.82) is 0 Å². The molecule has 1 atom stereocenters. The van der Waals surface area contributed by atoms with E-state index in [0.717, 1.165) is 36.6 Å². The lowest BCUT2D eigenvalue weighted by Gasteiger charge is -2.48. The highest BCUT2D eigenvalue weighted by atomic mass is 15.3. The molecule has 0 N–H and O–H groups in total. The molecule has 3 saturated heterocycles. The third kappa shape index (κ3) is 7.70. The van der Waals surface area contributed by atoms with Gasteiger partial charge in [0.1, 0.15) is 0 Å². The fourth-order valence-electron chi connectivity index (χ4n) is 8.13. The van der Waals surface area contributed by atoms with Gasteiger partial charge in [0, 0.05) is 115 Å². The molecule has 0 amide bonds. The number of benzene rings is 1. The summed E-state index contributed by atoms with van der Waals surface area (Å²) in [5.74, 6) is 1.66. The largest absolute Gasteiger partial charge is 0.372 e. The highest BCUT2D eigenvalue weighted by Crippen LogP contribution is 2.31. The van der Waals surface area contributed by atoms with Crippen LogP contribution in [0.25, 0.3) is 0 Å². The zero-order valence-electron chi connectivity index (χ0n) is 27.4. The van der Waals surface area contributed by atoms with Crippen LogP contribution in [0.2, 0.25) is 0 Å². The summed E-state index contributed by atoms with van der Waals surface area (Å²) in [6.07, 6.45) is 11.7. The van der Waals surface area contributed by atoms with E-state index >= 15 is 0 Å². The Morgan fingerprint density at radius 3 is 2.00 bits per heavy atom. The molecule has 0 radical (unpaired) electrons. The molecular formula is C35H56N8. The molecule has 236 valence electrons. The Hall–Kier alpha value is -2.26. The minimum Gasteiger partial charge on any atom is -0.372 e. The molecule has 2 aromatic rings. The Balaban J connectivity index is 0.995. The molecule has 1 aromatic carbocycles. The van der Waals surface area contributed by atoms with Crippen molar-refractivity contribution < 1.29 is 0 Å². The summed E-state index contributed by atoms with van der Waals surface area (Å²) in [6.45, 7) is 17.4. The van der Waals surface area contributed by atoms with Gasteiger partial charge in [-0.05, 0) is 83.0 Å². The van der Waals surface area contributed by atoms with Gasteiger partial charge >= 0.3 is 0 Å². The highest BCUT2D eigenvalue weighted by Gasteiger charge is 2.35. The van der Waals surface area contributed by atoms with Crippen LogP contribution >= 0.6 is 0 Å². The molecule has 43 heavy (non-hydrogen) atoms. The van der Waals surface area contributed by atoms with Crippen LogP contribution in [0.1, 0.15) is 49.7 Å². The molecule has 8 nitrogen and oxygen atoms in total. The molecule has 1 aliphatic carbocycles.